The zero-order valence-corrected chi connectivity index (χ0v) is 18.1. The van der Waals surface area contributed by atoms with Crippen LogP contribution in [0.5, 0.6) is 0 Å². The third kappa shape index (κ3) is 5.41. The van der Waals surface area contributed by atoms with Gasteiger partial charge in [-0.05, 0) is 13.8 Å². The summed E-state index contributed by atoms with van der Waals surface area (Å²) in [5.74, 6) is 0. The zero-order chi connectivity index (χ0) is 23.7. The predicted octanol–water partition coefficient (Wildman–Crippen LogP) is -3.83. The molecule has 0 aliphatic carbocycles. The van der Waals surface area contributed by atoms with Crippen molar-refractivity contribution in [3.05, 3.63) is 0 Å². The Hall–Kier alpha value is -0.520. The third-order valence-electron chi connectivity index (χ3n) is 6.13. The van der Waals surface area contributed by atoms with Crippen LogP contribution in [0.25, 0.3) is 0 Å². The molecule has 3 aliphatic heterocycles. The first-order chi connectivity index (χ1) is 15.0. The zero-order valence-electron chi connectivity index (χ0n) is 18.1. The average Bonchev–Trinajstić information content (AvgIpc) is 2.76. The van der Waals surface area contributed by atoms with E-state index in [1.54, 1.807) is 6.92 Å². The molecule has 32 heavy (non-hydrogen) atoms. The first-order valence-corrected chi connectivity index (χ1v) is 10.6. The lowest BCUT2D eigenvalue weighted by molar-refractivity contribution is -0.350. The molecule has 3 rings (SSSR count). The van der Waals surface area contributed by atoms with Crippen LogP contribution >= 0.6 is 0 Å². The van der Waals surface area contributed by atoms with Gasteiger partial charge in [0.2, 0.25) is 0 Å². The standard InChI is InChI=1S/C19H34O13/c1-6-11(21)13(23)15(25)18(30-6)28-5-9-12(22)14(24)16(26)19(31-9)32-17-7(2)29-10(20)4-8(17)27-3/h6-26H,4-5H2,1-3H3/t6-,7+,8-,9+,10+,11-,12+,13+,14-,15+,16+,17+,18+,19-/m0/s1. The summed E-state index contributed by atoms with van der Waals surface area (Å²) in [6, 6.07) is 0. The Morgan fingerprint density at radius 2 is 1.34 bits per heavy atom. The summed E-state index contributed by atoms with van der Waals surface area (Å²) in [7, 11) is 1.43. The van der Waals surface area contributed by atoms with Gasteiger partial charge in [0.1, 0.15) is 48.8 Å². The molecule has 0 unspecified atom stereocenters. The highest BCUT2D eigenvalue weighted by Gasteiger charge is 2.49. The maximum absolute atomic E-state index is 10.4. The van der Waals surface area contributed by atoms with E-state index >= 15 is 0 Å². The van der Waals surface area contributed by atoms with Crippen molar-refractivity contribution in [2.45, 2.75) is 106 Å². The molecule has 7 N–H and O–H groups in total. The summed E-state index contributed by atoms with van der Waals surface area (Å²) in [4.78, 5) is 0. The minimum atomic E-state index is -1.64. The second kappa shape index (κ2) is 10.8. The Bertz CT molecular complexity index is 596. The number of rotatable bonds is 6. The number of methoxy groups -OCH3 is 1. The topological polar surface area (TPSA) is 197 Å². The van der Waals surface area contributed by atoms with Gasteiger partial charge in [0.15, 0.2) is 18.9 Å². The highest BCUT2D eigenvalue weighted by atomic mass is 16.7. The molecule has 3 aliphatic rings. The molecule has 0 aromatic carbocycles. The van der Waals surface area contributed by atoms with E-state index in [2.05, 4.69) is 0 Å². The van der Waals surface area contributed by atoms with Crippen LogP contribution in [0.4, 0.5) is 0 Å². The quantitative estimate of drug-likeness (QED) is 0.199. The Balaban J connectivity index is 1.64. The Morgan fingerprint density at radius 1 is 0.719 bits per heavy atom. The van der Waals surface area contributed by atoms with Gasteiger partial charge in [0.25, 0.3) is 0 Å². The molecular formula is C19H34O13. The molecule has 0 radical (unpaired) electrons. The molecular weight excluding hydrogens is 436 g/mol. The van der Waals surface area contributed by atoms with Crippen molar-refractivity contribution in [2.24, 2.45) is 0 Å². The van der Waals surface area contributed by atoms with Gasteiger partial charge in [0.05, 0.1) is 24.9 Å². The summed E-state index contributed by atoms with van der Waals surface area (Å²) < 4.78 is 32.9. The lowest BCUT2D eigenvalue weighted by atomic mass is 9.98. The van der Waals surface area contributed by atoms with Gasteiger partial charge in [-0.3, -0.25) is 0 Å². The van der Waals surface area contributed by atoms with E-state index in [-0.39, 0.29) is 6.42 Å². The number of hydrogen-bond acceptors (Lipinski definition) is 13. The molecule has 0 aromatic heterocycles. The van der Waals surface area contributed by atoms with E-state index in [1.807, 2.05) is 0 Å². The second-order valence-electron chi connectivity index (χ2n) is 8.44. The number of hydrogen-bond donors (Lipinski definition) is 7. The highest BCUT2D eigenvalue weighted by molar-refractivity contribution is 4.92. The molecule has 0 amide bonds. The maximum atomic E-state index is 10.4. The molecule has 3 heterocycles. The lowest BCUT2D eigenvalue weighted by Gasteiger charge is -2.45. The van der Waals surface area contributed by atoms with Crippen molar-refractivity contribution < 1.29 is 64.2 Å². The van der Waals surface area contributed by atoms with Crippen LogP contribution in [0.3, 0.4) is 0 Å². The van der Waals surface area contributed by atoms with E-state index in [4.69, 9.17) is 28.4 Å². The minimum absolute atomic E-state index is 0.120. The summed E-state index contributed by atoms with van der Waals surface area (Å²) >= 11 is 0. The van der Waals surface area contributed by atoms with Crippen LogP contribution in [-0.2, 0) is 28.4 Å². The Labute approximate surface area is 185 Å². The van der Waals surface area contributed by atoms with Crippen LogP contribution in [0, 0.1) is 0 Å². The van der Waals surface area contributed by atoms with E-state index in [0.29, 0.717) is 0 Å². The van der Waals surface area contributed by atoms with Crippen molar-refractivity contribution in [3.63, 3.8) is 0 Å². The number of aliphatic hydroxyl groups excluding tert-OH is 7. The monoisotopic (exact) mass is 470 g/mol. The summed E-state index contributed by atoms with van der Waals surface area (Å²) in [6.45, 7) is 2.73. The maximum Gasteiger partial charge on any atom is 0.187 e. The fourth-order valence-electron chi connectivity index (χ4n) is 4.11. The molecule has 0 spiro atoms. The van der Waals surface area contributed by atoms with Crippen molar-refractivity contribution in [1.29, 1.82) is 0 Å². The molecule has 3 saturated heterocycles. The first kappa shape index (κ1) is 26.1. The molecule has 188 valence electrons. The third-order valence-corrected chi connectivity index (χ3v) is 6.13. The minimum Gasteiger partial charge on any atom is -0.388 e. The number of ether oxygens (including phenoxy) is 6. The molecule has 13 heteroatoms. The van der Waals surface area contributed by atoms with Crippen LogP contribution < -0.4 is 0 Å². The van der Waals surface area contributed by atoms with Crippen LogP contribution in [0.2, 0.25) is 0 Å². The van der Waals surface area contributed by atoms with Crippen LogP contribution in [-0.4, -0.2) is 135 Å². The highest BCUT2D eigenvalue weighted by Crippen LogP contribution is 2.30. The van der Waals surface area contributed by atoms with Crippen molar-refractivity contribution in [1.82, 2.24) is 0 Å². The molecule has 14 atom stereocenters. The normalized spacial score (nSPS) is 52.7. The summed E-state index contributed by atoms with van der Waals surface area (Å²) in [6.07, 6.45) is -16.8. The van der Waals surface area contributed by atoms with Gasteiger partial charge in [0, 0.05) is 13.5 Å². The Morgan fingerprint density at radius 3 is 2.00 bits per heavy atom. The molecule has 0 aromatic rings. The van der Waals surface area contributed by atoms with Crippen LogP contribution in [0.1, 0.15) is 20.3 Å². The lowest BCUT2D eigenvalue weighted by Crippen LogP contribution is -2.62. The molecule has 0 bridgehead atoms. The molecule has 13 nitrogen and oxygen atoms in total. The average molecular weight is 470 g/mol. The summed E-state index contributed by atoms with van der Waals surface area (Å²) in [5.41, 5.74) is 0. The fraction of sp³-hybridized carbons (Fsp3) is 1.00. The van der Waals surface area contributed by atoms with Gasteiger partial charge >= 0.3 is 0 Å². The molecule has 3 fully saturated rings. The van der Waals surface area contributed by atoms with Gasteiger partial charge in [-0.1, -0.05) is 0 Å². The first-order valence-electron chi connectivity index (χ1n) is 10.6. The SMILES string of the molecule is CO[C@H]1C[C@H](O)O[C@H](C)[C@H]1O[C@@H]1O[C@H](CO[C@@H]2O[C@@H](C)[C@H](O)[C@@H](O)[C@H]2O)[C@@H](O)[C@H](O)[C@H]1O. The van der Waals surface area contributed by atoms with Crippen molar-refractivity contribution >= 4 is 0 Å². The van der Waals surface area contributed by atoms with E-state index in [9.17, 15) is 35.7 Å². The van der Waals surface area contributed by atoms with Gasteiger partial charge in [-0.15, -0.1) is 0 Å². The Kier molecular flexibility index (Phi) is 8.82. The summed E-state index contributed by atoms with van der Waals surface area (Å²) in [5, 5.41) is 70.4. The second-order valence-corrected chi connectivity index (χ2v) is 8.44. The van der Waals surface area contributed by atoms with Crippen LogP contribution in [0.15, 0.2) is 0 Å². The van der Waals surface area contributed by atoms with E-state index < -0.39 is 92.6 Å². The smallest absolute Gasteiger partial charge is 0.187 e. The van der Waals surface area contributed by atoms with E-state index in [1.165, 1.54) is 14.0 Å². The predicted molar refractivity (Wildman–Crippen MR) is 102 cm³/mol. The molecule has 0 saturated carbocycles. The number of aliphatic hydroxyl groups is 7. The van der Waals surface area contributed by atoms with Gasteiger partial charge in [-0.2, -0.15) is 0 Å². The van der Waals surface area contributed by atoms with Crippen molar-refractivity contribution in [2.75, 3.05) is 13.7 Å². The largest absolute Gasteiger partial charge is 0.388 e. The van der Waals surface area contributed by atoms with Gasteiger partial charge < -0.3 is 64.2 Å². The fourth-order valence-corrected chi connectivity index (χ4v) is 4.11. The van der Waals surface area contributed by atoms with Gasteiger partial charge in [-0.25, -0.2) is 0 Å². The van der Waals surface area contributed by atoms with E-state index in [0.717, 1.165) is 0 Å². The van der Waals surface area contributed by atoms with Crippen molar-refractivity contribution in [3.8, 4) is 0 Å².